The van der Waals surface area contributed by atoms with Gasteiger partial charge in [0.25, 0.3) is 0 Å². The Morgan fingerprint density at radius 3 is 2.08 bits per heavy atom. The zero-order valence-electron chi connectivity index (χ0n) is 30.3. The Balaban J connectivity index is 1.28. The van der Waals surface area contributed by atoms with Crippen molar-refractivity contribution in [2.75, 3.05) is 7.05 Å². The van der Waals surface area contributed by atoms with Crippen LogP contribution >= 0.6 is 22.7 Å². The van der Waals surface area contributed by atoms with Gasteiger partial charge >= 0.3 is 12.1 Å². The quantitative estimate of drug-likeness (QED) is 0.0932. The van der Waals surface area contributed by atoms with Crippen LogP contribution in [0.15, 0.2) is 90.4 Å². The first kappa shape index (κ1) is 39.1. The lowest BCUT2D eigenvalue weighted by Gasteiger charge is -2.27. The summed E-state index contributed by atoms with van der Waals surface area (Å²) in [6, 6.07) is 18.1. The Labute approximate surface area is 318 Å². The van der Waals surface area contributed by atoms with Gasteiger partial charge in [0.05, 0.1) is 27.6 Å². The summed E-state index contributed by atoms with van der Waals surface area (Å²) < 4.78 is 7.28. The summed E-state index contributed by atoms with van der Waals surface area (Å²) in [5.41, 5.74) is 4.63. The predicted molar refractivity (Wildman–Crippen MR) is 205 cm³/mol. The van der Waals surface area contributed by atoms with E-state index in [2.05, 4.69) is 50.0 Å². The Kier molecular flexibility index (Phi) is 14.9. The minimum atomic E-state index is -0.841. The molecule has 0 unspecified atom stereocenters. The molecule has 0 spiro atoms. The molecule has 0 fully saturated rings. The summed E-state index contributed by atoms with van der Waals surface area (Å²) in [5, 5.41) is 20.0. The van der Waals surface area contributed by atoms with Crippen LogP contribution in [0, 0.1) is 0 Å². The first-order valence-corrected chi connectivity index (χ1v) is 19.4. The molecule has 5 aromatic rings. The summed E-state index contributed by atoms with van der Waals surface area (Å²) >= 11 is 3.00. The molecule has 13 nitrogen and oxygen atoms in total. The minimum absolute atomic E-state index is 0.140. The molecular weight excluding hydrogens is 711 g/mol. The lowest BCUT2D eigenvalue weighted by atomic mass is 9.95. The average Bonchev–Trinajstić information content (AvgIpc) is 3.96. The highest BCUT2D eigenvalue weighted by molar-refractivity contribution is 7.09. The van der Waals surface area contributed by atoms with Crippen LogP contribution in [0.2, 0.25) is 0 Å². The van der Waals surface area contributed by atoms with Gasteiger partial charge in [-0.3, -0.25) is 9.78 Å². The van der Waals surface area contributed by atoms with Gasteiger partial charge in [-0.25, -0.2) is 14.6 Å². The van der Waals surface area contributed by atoms with E-state index in [4.69, 9.17) is 4.74 Å². The Morgan fingerprint density at radius 1 is 0.849 bits per heavy atom. The smallest absolute Gasteiger partial charge is 0.407 e. The fourth-order valence-electron chi connectivity index (χ4n) is 5.73. The van der Waals surface area contributed by atoms with E-state index in [0.29, 0.717) is 51.1 Å². The third kappa shape index (κ3) is 13.1. The number of aromatic nitrogens is 5. The van der Waals surface area contributed by atoms with E-state index in [9.17, 15) is 14.4 Å². The van der Waals surface area contributed by atoms with Crippen LogP contribution in [0.25, 0.3) is 0 Å². The second-order valence-electron chi connectivity index (χ2n) is 13.2. The molecule has 280 valence electrons. The number of nitrogens with one attached hydrogen (secondary N) is 3. The van der Waals surface area contributed by atoms with Crippen molar-refractivity contribution in [1.29, 1.82) is 0 Å². The first-order valence-electron chi connectivity index (χ1n) is 17.7. The van der Waals surface area contributed by atoms with Crippen molar-refractivity contribution in [3.05, 3.63) is 117 Å². The Bertz CT molecular complexity index is 1820. The van der Waals surface area contributed by atoms with Gasteiger partial charge in [-0.2, -0.15) is 0 Å². The van der Waals surface area contributed by atoms with Gasteiger partial charge in [0.2, 0.25) is 5.91 Å². The number of carbonyl (C=O) groups excluding carboxylic acids is 3. The highest BCUT2D eigenvalue weighted by atomic mass is 32.1. The normalized spacial score (nSPS) is 12.8. The van der Waals surface area contributed by atoms with E-state index in [1.165, 1.54) is 16.2 Å². The van der Waals surface area contributed by atoms with Gasteiger partial charge in [0, 0.05) is 43.2 Å². The molecule has 5 rings (SSSR count). The Morgan fingerprint density at radius 2 is 1.49 bits per heavy atom. The van der Waals surface area contributed by atoms with E-state index in [-0.39, 0.29) is 30.6 Å². The van der Waals surface area contributed by atoms with Crippen LogP contribution in [0.5, 0.6) is 0 Å². The molecule has 0 aliphatic carbocycles. The van der Waals surface area contributed by atoms with Crippen molar-refractivity contribution in [1.82, 2.24) is 45.6 Å². The van der Waals surface area contributed by atoms with Crippen LogP contribution in [0.3, 0.4) is 0 Å². The number of benzene rings is 2. The molecule has 0 aliphatic rings. The number of urea groups is 1. The molecule has 0 bridgehead atoms. The number of aryl methyl sites for hydroxylation is 1. The van der Waals surface area contributed by atoms with Crippen molar-refractivity contribution in [2.45, 2.75) is 89.7 Å². The second kappa shape index (κ2) is 20.2. The van der Waals surface area contributed by atoms with Crippen LogP contribution < -0.4 is 16.0 Å². The lowest BCUT2D eigenvalue weighted by Crippen LogP contribution is -2.53. The SMILES string of the molecule is CC(C)c1nc(CN(C)C(=O)N[C@@H](CCn2cnnc2)C(=O)N[C@H](CC[C@H](Cc2ccccc2)NC(=O)OCc2cncs2)Cc2ccccc2)cs1. The number of thiazole rings is 2. The maximum atomic E-state index is 14.1. The van der Waals surface area contributed by atoms with Crippen molar-refractivity contribution in [2.24, 2.45) is 0 Å². The molecule has 0 saturated heterocycles. The number of amides is 4. The number of carbonyl (C=O) groups is 3. The molecule has 2 aromatic carbocycles. The maximum Gasteiger partial charge on any atom is 0.407 e. The zero-order valence-corrected chi connectivity index (χ0v) is 31.9. The number of ether oxygens (including phenoxy) is 1. The molecule has 0 saturated carbocycles. The molecule has 3 heterocycles. The molecule has 15 heteroatoms. The van der Waals surface area contributed by atoms with Crippen LogP contribution in [0.4, 0.5) is 9.59 Å². The van der Waals surface area contributed by atoms with E-state index in [1.54, 1.807) is 47.3 Å². The maximum absolute atomic E-state index is 14.1. The zero-order chi connectivity index (χ0) is 37.4. The van der Waals surface area contributed by atoms with Gasteiger partial charge in [-0.1, -0.05) is 74.5 Å². The van der Waals surface area contributed by atoms with Crippen LogP contribution in [-0.2, 0) is 42.1 Å². The van der Waals surface area contributed by atoms with Gasteiger partial charge < -0.3 is 30.2 Å². The van der Waals surface area contributed by atoms with Crippen molar-refractivity contribution in [3.8, 4) is 0 Å². The number of nitrogens with zero attached hydrogens (tertiary/aromatic N) is 6. The number of alkyl carbamates (subject to hydrolysis) is 1. The van der Waals surface area contributed by atoms with Gasteiger partial charge in [0.1, 0.15) is 25.3 Å². The van der Waals surface area contributed by atoms with Gasteiger partial charge in [-0.05, 0) is 43.2 Å². The van der Waals surface area contributed by atoms with Crippen molar-refractivity contribution < 1.29 is 19.1 Å². The predicted octanol–water partition coefficient (Wildman–Crippen LogP) is 5.96. The van der Waals surface area contributed by atoms with Crippen LogP contribution in [0.1, 0.15) is 65.7 Å². The Hall–Kier alpha value is -5.15. The fourth-order valence-corrected chi connectivity index (χ4v) is 7.06. The molecule has 3 N–H and O–H groups in total. The third-order valence-electron chi connectivity index (χ3n) is 8.58. The van der Waals surface area contributed by atoms with E-state index >= 15 is 0 Å². The summed E-state index contributed by atoms with van der Waals surface area (Å²) in [6.07, 6.45) is 6.92. The van der Waals surface area contributed by atoms with E-state index in [1.807, 2.05) is 66.0 Å². The van der Waals surface area contributed by atoms with Gasteiger partial charge in [0.15, 0.2) is 0 Å². The third-order valence-corrected chi connectivity index (χ3v) is 10.5. The topological polar surface area (TPSA) is 156 Å². The van der Waals surface area contributed by atoms with E-state index in [0.717, 1.165) is 26.7 Å². The standard InChI is InChI=1S/C38H47N9O4S2/c1-27(2)36-43-32(23-52-36)21-46(3)37(49)45-34(16-17-47-24-40-41-25-47)35(48)42-30(18-28-10-6-4-7-11-28)14-15-31(19-29-12-8-5-9-13-29)44-38(50)51-22-33-20-39-26-53-33/h4-13,20,23-27,30-31,34H,14-19,21-22H2,1-3H3,(H,42,48)(H,44,50)(H,45,49)/t30-,31-,34+/m1/s1. The highest BCUT2D eigenvalue weighted by Gasteiger charge is 2.26. The molecule has 3 atom stereocenters. The first-order chi connectivity index (χ1) is 25.7. The summed E-state index contributed by atoms with van der Waals surface area (Å²) in [6.45, 7) is 5.05. The fraction of sp³-hybridized carbons (Fsp3) is 0.395. The minimum Gasteiger partial charge on any atom is -0.444 e. The highest BCUT2D eigenvalue weighted by Crippen LogP contribution is 2.20. The lowest BCUT2D eigenvalue weighted by molar-refractivity contribution is -0.124. The largest absolute Gasteiger partial charge is 0.444 e. The number of hydrogen-bond acceptors (Lipinski definition) is 10. The summed E-state index contributed by atoms with van der Waals surface area (Å²) in [4.78, 5) is 51.6. The monoisotopic (exact) mass is 757 g/mol. The number of rotatable bonds is 19. The van der Waals surface area contributed by atoms with Gasteiger partial charge in [-0.15, -0.1) is 32.9 Å². The second-order valence-corrected chi connectivity index (χ2v) is 15.1. The average molecular weight is 758 g/mol. The molecular formula is C38H47N9O4S2. The van der Waals surface area contributed by atoms with Crippen molar-refractivity contribution in [3.63, 3.8) is 0 Å². The van der Waals surface area contributed by atoms with Crippen LogP contribution in [-0.4, -0.2) is 72.8 Å². The summed E-state index contributed by atoms with van der Waals surface area (Å²) in [7, 11) is 1.69. The molecule has 0 aliphatic heterocycles. The van der Waals surface area contributed by atoms with E-state index < -0.39 is 12.1 Å². The molecule has 4 amide bonds. The molecule has 3 aromatic heterocycles. The van der Waals surface area contributed by atoms with Crippen molar-refractivity contribution >= 4 is 40.7 Å². The summed E-state index contributed by atoms with van der Waals surface area (Å²) in [5.74, 6) is 0.00268. The molecule has 0 radical (unpaired) electrons. The molecule has 53 heavy (non-hydrogen) atoms. The number of hydrogen-bond donors (Lipinski definition) is 3.